The van der Waals surface area contributed by atoms with Gasteiger partial charge in [0.2, 0.25) is 0 Å². The first-order valence-electron chi connectivity index (χ1n) is 9.42. The van der Waals surface area contributed by atoms with Crippen LogP contribution in [0.2, 0.25) is 0 Å². The molecule has 3 rings (SSSR count). The third kappa shape index (κ3) is 3.99. The highest BCUT2D eigenvalue weighted by atomic mass is 16.5. The summed E-state index contributed by atoms with van der Waals surface area (Å²) in [5.41, 5.74) is 1.70. The van der Waals surface area contributed by atoms with E-state index in [4.69, 9.17) is 23.7 Å². The van der Waals surface area contributed by atoms with Gasteiger partial charge in [0.15, 0.2) is 23.0 Å². The van der Waals surface area contributed by atoms with E-state index in [-0.39, 0.29) is 25.0 Å². The summed E-state index contributed by atoms with van der Waals surface area (Å²) in [6, 6.07) is 11.1. The number of rotatable bonds is 8. The average molecular weight is 404 g/mol. The Balaban J connectivity index is 1.98. The summed E-state index contributed by atoms with van der Waals surface area (Å²) in [6.07, 6.45) is -0.815. The van der Waals surface area contributed by atoms with Crippen LogP contribution >= 0.6 is 0 Å². The van der Waals surface area contributed by atoms with Gasteiger partial charge in [0.25, 0.3) is 0 Å². The molecule has 0 amide bonds. The number of hydrogen-bond acceptors (Lipinski definition) is 7. The van der Waals surface area contributed by atoms with Gasteiger partial charge in [0.05, 0.1) is 40.6 Å². The predicted molar refractivity (Wildman–Crippen MR) is 107 cm³/mol. The van der Waals surface area contributed by atoms with Gasteiger partial charge in [-0.05, 0) is 35.4 Å². The van der Waals surface area contributed by atoms with Gasteiger partial charge in [-0.15, -0.1) is 0 Å². The van der Waals surface area contributed by atoms with Gasteiger partial charge in [0, 0.05) is 25.0 Å². The highest BCUT2D eigenvalue weighted by Gasteiger charge is 2.45. The Labute approximate surface area is 170 Å². The molecule has 2 aromatic rings. The van der Waals surface area contributed by atoms with Gasteiger partial charge in [-0.1, -0.05) is 12.1 Å². The molecule has 1 aliphatic heterocycles. The van der Waals surface area contributed by atoms with Crippen molar-refractivity contribution >= 4 is 0 Å². The fraction of sp³-hybridized carbons (Fsp3) is 0.455. The first-order chi connectivity index (χ1) is 14.1. The number of methoxy groups -OCH3 is 4. The van der Waals surface area contributed by atoms with E-state index in [1.165, 1.54) is 0 Å². The fourth-order valence-electron chi connectivity index (χ4n) is 3.98. The Morgan fingerprint density at radius 2 is 1.03 bits per heavy atom. The molecule has 1 heterocycles. The van der Waals surface area contributed by atoms with Crippen LogP contribution < -0.4 is 18.9 Å². The highest BCUT2D eigenvalue weighted by Crippen LogP contribution is 2.50. The van der Waals surface area contributed by atoms with Crippen molar-refractivity contribution in [1.29, 1.82) is 0 Å². The molecule has 7 nitrogen and oxygen atoms in total. The van der Waals surface area contributed by atoms with Gasteiger partial charge >= 0.3 is 0 Å². The quantitative estimate of drug-likeness (QED) is 0.700. The molecule has 2 aromatic carbocycles. The fourth-order valence-corrected chi connectivity index (χ4v) is 3.98. The Bertz CT molecular complexity index is 755. The van der Waals surface area contributed by atoms with Gasteiger partial charge < -0.3 is 33.9 Å². The minimum atomic E-state index is -0.407. The Morgan fingerprint density at radius 3 is 1.34 bits per heavy atom. The zero-order valence-corrected chi connectivity index (χ0v) is 17.1. The third-order valence-corrected chi connectivity index (χ3v) is 5.51. The van der Waals surface area contributed by atoms with Crippen LogP contribution in [0, 0.1) is 11.8 Å². The second kappa shape index (κ2) is 9.35. The molecular formula is C22H28O7. The molecule has 4 unspecified atom stereocenters. The summed E-state index contributed by atoms with van der Waals surface area (Å²) in [7, 11) is 6.30. The van der Waals surface area contributed by atoms with Crippen LogP contribution in [0.25, 0.3) is 0 Å². The lowest BCUT2D eigenvalue weighted by molar-refractivity contribution is 0.0183. The second-order valence-corrected chi connectivity index (χ2v) is 6.90. The summed E-state index contributed by atoms with van der Waals surface area (Å²) >= 11 is 0. The van der Waals surface area contributed by atoms with Crippen LogP contribution in [0.3, 0.4) is 0 Å². The number of aliphatic hydroxyl groups excluding tert-OH is 2. The van der Waals surface area contributed by atoms with E-state index in [0.717, 1.165) is 11.1 Å². The average Bonchev–Trinajstić information content (AvgIpc) is 3.16. The SMILES string of the molecule is COc1ccc(C2OC(c3ccc(OC)c(OC)c3)C(CO)C2CO)cc1OC. The largest absolute Gasteiger partial charge is 0.493 e. The van der Waals surface area contributed by atoms with Crippen LogP contribution in [-0.2, 0) is 4.74 Å². The molecule has 0 saturated carbocycles. The molecule has 0 radical (unpaired) electrons. The second-order valence-electron chi connectivity index (χ2n) is 6.90. The maximum atomic E-state index is 10.1. The van der Waals surface area contributed by atoms with Gasteiger partial charge in [0.1, 0.15) is 0 Å². The van der Waals surface area contributed by atoms with Crippen LogP contribution in [-0.4, -0.2) is 51.9 Å². The summed E-state index contributed by atoms with van der Waals surface area (Å²) in [4.78, 5) is 0. The number of aliphatic hydroxyl groups is 2. The molecule has 7 heteroatoms. The molecule has 2 N–H and O–H groups in total. The zero-order chi connectivity index (χ0) is 21.0. The minimum Gasteiger partial charge on any atom is -0.493 e. The van der Waals surface area contributed by atoms with Gasteiger partial charge in [-0.3, -0.25) is 0 Å². The molecule has 0 aromatic heterocycles. The maximum Gasteiger partial charge on any atom is 0.161 e. The smallest absolute Gasteiger partial charge is 0.161 e. The molecule has 1 saturated heterocycles. The van der Waals surface area contributed by atoms with E-state index in [1.807, 2.05) is 36.4 Å². The lowest BCUT2D eigenvalue weighted by atomic mass is 9.83. The van der Waals surface area contributed by atoms with E-state index in [1.54, 1.807) is 28.4 Å². The molecule has 0 aliphatic carbocycles. The predicted octanol–water partition coefficient (Wildman–Crippen LogP) is 2.75. The van der Waals surface area contributed by atoms with Crippen molar-refractivity contribution < 1.29 is 33.9 Å². The Morgan fingerprint density at radius 1 is 0.655 bits per heavy atom. The van der Waals surface area contributed by atoms with E-state index in [0.29, 0.717) is 23.0 Å². The van der Waals surface area contributed by atoms with E-state index < -0.39 is 12.2 Å². The molecule has 1 fully saturated rings. The maximum absolute atomic E-state index is 10.1. The summed E-state index contributed by atoms with van der Waals surface area (Å²) in [5, 5.41) is 20.2. The van der Waals surface area contributed by atoms with Crippen LogP contribution in [0.5, 0.6) is 23.0 Å². The molecule has 0 spiro atoms. The Hall–Kier alpha value is -2.48. The molecule has 158 valence electrons. The zero-order valence-electron chi connectivity index (χ0n) is 17.1. The van der Waals surface area contributed by atoms with Crippen molar-refractivity contribution in [3.8, 4) is 23.0 Å². The molecule has 4 atom stereocenters. The number of ether oxygens (including phenoxy) is 5. The Kier molecular flexibility index (Phi) is 6.84. The van der Waals surface area contributed by atoms with Crippen LogP contribution in [0.15, 0.2) is 36.4 Å². The van der Waals surface area contributed by atoms with Crippen molar-refractivity contribution in [3.63, 3.8) is 0 Å². The molecule has 1 aliphatic rings. The van der Waals surface area contributed by atoms with E-state index >= 15 is 0 Å². The summed E-state index contributed by atoms with van der Waals surface area (Å²) < 4.78 is 27.8. The normalized spacial score (nSPS) is 23.7. The van der Waals surface area contributed by atoms with Crippen LogP contribution in [0.4, 0.5) is 0 Å². The summed E-state index contributed by atoms with van der Waals surface area (Å²) in [5.74, 6) is 1.84. The van der Waals surface area contributed by atoms with E-state index in [2.05, 4.69) is 0 Å². The van der Waals surface area contributed by atoms with Gasteiger partial charge in [-0.25, -0.2) is 0 Å². The summed E-state index contributed by atoms with van der Waals surface area (Å²) in [6.45, 7) is -0.234. The number of hydrogen-bond donors (Lipinski definition) is 2. The lowest BCUT2D eigenvalue weighted by Crippen LogP contribution is -2.23. The first-order valence-corrected chi connectivity index (χ1v) is 9.42. The monoisotopic (exact) mass is 404 g/mol. The van der Waals surface area contributed by atoms with Gasteiger partial charge in [-0.2, -0.15) is 0 Å². The standard InChI is InChI=1S/C22H28O7/c1-25-17-7-5-13(9-19(17)27-3)21-15(11-23)16(12-24)22(29-21)14-6-8-18(26-2)20(10-14)28-4/h5-10,15-16,21-24H,11-12H2,1-4H3. The van der Waals surface area contributed by atoms with Crippen molar-refractivity contribution in [3.05, 3.63) is 47.5 Å². The van der Waals surface area contributed by atoms with Crippen molar-refractivity contribution in [1.82, 2.24) is 0 Å². The third-order valence-electron chi connectivity index (χ3n) is 5.51. The first kappa shape index (κ1) is 21.2. The molecule has 0 bridgehead atoms. The number of benzene rings is 2. The van der Waals surface area contributed by atoms with Crippen molar-refractivity contribution in [2.24, 2.45) is 11.8 Å². The molecule has 29 heavy (non-hydrogen) atoms. The molecular weight excluding hydrogens is 376 g/mol. The lowest BCUT2D eigenvalue weighted by Gasteiger charge is -2.21. The van der Waals surface area contributed by atoms with E-state index in [9.17, 15) is 10.2 Å². The minimum absolute atomic E-state index is 0.117. The topological polar surface area (TPSA) is 86.6 Å². The van der Waals surface area contributed by atoms with Crippen LogP contribution in [0.1, 0.15) is 23.3 Å². The van der Waals surface area contributed by atoms with Crippen molar-refractivity contribution in [2.45, 2.75) is 12.2 Å². The highest BCUT2D eigenvalue weighted by molar-refractivity contribution is 5.45. The van der Waals surface area contributed by atoms with Crippen molar-refractivity contribution in [2.75, 3.05) is 41.7 Å².